The lowest BCUT2D eigenvalue weighted by Crippen LogP contribution is -2.14. The van der Waals surface area contributed by atoms with Crippen molar-refractivity contribution in [3.8, 4) is 17.1 Å². The maximum Gasteiger partial charge on any atom is 0.295 e. The summed E-state index contributed by atoms with van der Waals surface area (Å²) in [5.41, 5.74) is 2.10. The lowest BCUT2D eigenvalue weighted by Gasteiger charge is -2.06. The maximum atomic E-state index is 12.7. The molecule has 0 aliphatic carbocycles. The van der Waals surface area contributed by atoms with Crippen molar-refractivity contribution in [3.05, 3.63) is 93.1 Å². The van der Waals surface area contributed by atoms with Crippen molar-refractivity contribution in [1.82, 2.24) is 14.8 Å². The molecule has 0 saturated carbocycles. The Morgan fingerprint density at radius 3 is 2.34 bits per heavy atom. The number of carbonyl (C=O) groups is 1. The van der Waals surface area contributed by atoms with Crippen molar-refractivity contribution in [3.63, 3.8) is 0 Å². The van der Waals surface area contributed by atoms with Gasteiger partial charge in [0.05, 0.1) is 5.69 Å². The topological polar surface area (TPSA) is 59.8 Å². The third-order valence-corrected chi connectivity index (χ3v) is 5.08. The summed E-state index contributed by atoms with van der Waals surface area (Å²) in [7, 11) is 0. The van der Waals surface area contributed by atoms with Crippen LogP contribution in [-0.2, 0) is 0 Å². The standard InChI is InChI=1S/C21H13BrCl2N4O/c22-14-4-8-17(9-5-14)25-21(29)19-26-20(13-2-1-3-16(24)12-13)28(27-19)18-10-6-15(23)7-11-18/h1-12H,(H,25,29). The fourth-order valence-electron chi connectivity index (χ4n) is 2.71. The molecule has 1 amide bonds. The predicted molar refractivity (Wildman–Crippen MR) is 119 cm³/mol. The van der Waals surface area contributed by atoms with Gasteiger partial charge in [-0.2, -0.15) is 0 Å². The summed E-state index contributed by atoms with van der Waals surface area (Å²) in [5, 5.41) is 8.40. The minimum absolute atomic E-state index is 0.0397. The molecule has 0 aliphatic rings. The van der Waals surface area contributed by atoms with Crippen LogP contribution in [-0.4, -0.2) is 20.7 Å². The summed E-state index contributed by atoms with van der Waals surface area (Å²) in [6, 6.07) is 21.6. The highest BCUT2D eigenvalue weighted by Crippen LogP contribution is 2.25. The molecule has 4 aromatic rings. The third-order valence-electron chi connectivity index (χ3n) is 4.07. The van der Waals surface area contributed by atoms with Gasteiger partial charge >= 0.3 is 0 Å². The number of amides is 1. The molecule has 1 heterocycles. The predicted octanol–water partition coefficient (Wildman–Crippen LogP) is 6.26. The second-order valence-corrected chi connectivity index (χ2v) is 7.91. The Bertz CT molecular complexity index is 1170. The summed E-state index contributed by atoms with van der Waals surface area (Å²) >= 11 is 15.5. The smallest absolute Gasteiger partial charge is 0.295 e. The van der Waals surface area contributed by atoms with Crippen LogP contribution in [0.15, 0.2) is 77.3 Å². The molecular formula is C21H13BrCl2N4O. The quantitative estimate of drug-likeness (QED) is 0.369. The van der Waals surface area contributed by atoms with Gasteiger partial charge in [0.2, 0.25) is 5.82 Å². The number of hydrogen-bond donors (Lipinski definition) is 1. The number of benzene rings is 3. The molecule has 0 fully saturated rings. The van der Waals surface area contributed by atoms with Crippen LogP contribution < -0.4 is 5.32 Å². The number of anilines is 1. The Balaban J connectivity index is 1.75. The highest BCUT2D eigenvalue weighted by atomic mass is 79.9. The van der Waals surface area contributed by atoms with Crippen molar-refractivity contribution < 1.29 is 4.79 Å². The summed E-state index contributed by atoms with van der Waals surface area (Å²) in [6.45, 7) is 0. The highest BCUT2D eigenvalue weighted by molar-refractivity contribution is 9.10. The van der Waals surface area contributed by atoms with Gasteiger partial charge in [-0.05, 0) is 60.7 Å². The van der Waals surface area contributed by atoms with Crippen LogP contribution in [0.3, 0.4) is 0 Å². The lowest BCUT2D eigenvalue weighted by atomic mass is 10.2. The fourth-order valence-corrected chi connectivity index (χ4v) is 3.29. The Labute approximate surface area is 185 Å². The van der Waals surface area contributed by atoms with E-state index in [0.717, 1.165) is 15.7 Å². The Morgan fingerprint density at radius 1 is 0.931 bits per heavy atom. The van der Waals surface area contributed by atoms with Gasteiger partial charge in [-0.1, -0.05) is 51.3 Å². The first-order valence-corrected chi connectivity index (χ1v) is 10.1. The zero-order valence-electron chi connectivity index (χ0n) is 14.8. The van der Waals surface area contributed by atoms with Crippen molar-refractivity contribution in [2.75, 3.05) is 5.32 Å². The van der Waals surface area contributed by atoms with E-state index in [1.165, 1.54) is 0 Å². The second-order valence-electron chi connectivity index (χ2n) is 6.12. The van der Waals surface area contributed by atoms with E-state index in [2.05, 4.69) is 31.3 Å². The van der Waals surface area contributed by atoms with Gasteiger partial charge in [0, 0.05) is 25.8 Å². The van der Waals surface area contributed by atoms with Gasteiger partial charge in [-0.3, -0.25) is 4.79 Å². The molecule has 0 atom stereocenters. The fraction of sp³-hybridized carbons (Fsp3) is 0. The molecule has 1 aromatic heterocycles. The molecule has 0 saturated heterocycles. The van der Waals surface area contributed by atoms with Gasteiger partial charge < -0.3 is 5.32 Å². The van der Waals surface area contributed by atoms with Crippen LogP contribution in [0.4, 0.5) is 5.69 Å². The van der Waals surface area contributed by atoms with E-state index < -0.39 is 5.91 Å². The zero-order valence-corrected chi connectivity index (χ0v) is 17.9. The molecule has 0 unspecified atom stereocenters. The second kappa shape index (κ2) is 8.37. The molecule has 0 bridgehead atoms. The number of halogens is 3. The van der Waals surface area contributed by atoms with Crippen molar-refractivity contribution in [2.24, 2.45) is 0 Å². The van der Waals surface area contributed by atoms with E-state index in [4.69, 9.17) is 23.2 Å². The Kier molecular flexibility index (Phi) is 5.67. The van der Waals surface area contributed by atoms with E-state index >= 15 is 0 Å². The van der Waals surface area contributed by atoms with Crippen LogP contribution in [0, 0.1) is 0 Å². The van der Waals surface area contributed by atoms with Gasteiger partial charge in [0.15, 0.2) is 5.82 Å². The highest BCUT2D eigenvalue weighted by Gasteiger charge is 2.19. The summed E-state index contributed by atoms with van der Waals surface area (Å²) in [4.78, 5) is 17.2. The number of aromatic nitrogens is 3. The molecular weight excluding hydrogens is 475 g/mol. The number of carbonyl (C=O) groups excluding carboxylic acids is 1. The molecule has 0 spiro atoms. The average molecular weight is 488 g/mol. The molecule has 0 radical (unpaired) electrons. The molecule has 3 aromatic carbocycles. The molecule has 144 valence electrons. The maximum absolute atomic E-state index is 12.7. The Morgan fingerprint density at radius 2 is 1.66 bits per heavy atom. The molecule has 5 nitrogen and oxygen atoms in total. The molecule has 8 heteroatoms. The summed E-state index contributed by atoms with van der Waals surface area (Å²) < 4.78 is 2.52. The first-order chi connectivity index (χ1) is 14.0. The minimum Gasteiger partial charge on any atom is -0.319 e. The molecule has 29 heavy (non-hydrogen) atoms. The van der Waals surface area contributed by atoms with Gasteiger partial charge in [-0.25, -0.2) is 9.67 Å². The van der Waals surface area contributed by atoms with Crippen LogP contribution in [0.1, 0.15) is 10.6 Å². The molecule has 0 aliphatic heterocycles. The Hall–Kier alpha value is -2.67. The van der Waals surface area contributed by atoms with Crippen LogP contribution in [0.5, 0.6) is 0 Å². The van der Waals surface area contributed by atoms with E-state index in [0.29, 0.717) is 21.6 Å². The van der Waals surface area contributed by atoms with E-state index in [1.807, 2.05) is 36.4 Å². The van der Waals surface area contributed by atoms with Crippen molar-refractivity contribution in [2.45, 2.75) is 0 Å². The van der Waals surface area contributed by atoms with E-state index in [1.54, 1.807) is 41.1 Å². The van der Waals surface area contributed by atoms with Crippen molar-refractivity contribution >= 4 is 50.7 Å². The van der Waals surface area contributed by atoms with Gasteiger partial charge in [-0.15, -0.1) is 5.10 Å². The van der Waals surface area contributed by atoms with Crippen LogP contribution >= 0.6 is 39.1 Å². The first-order valence-electron chi connectivity index (χ1n) is 8.55. The molecule has 4 rings (SSSR count). The summed E-state index contributed by atoms with van der Waals surface area (Å²) in [5.74, 6) is 0.122. The number of hydrogen-bond acceptors (Lipinski definition) is 3. The zero-order chi connectivity index (χ0) is 20.4. The van der Waals surface area contributed by atoms with Crippen molar-refractivity contribution in [1.29, 1.82) is 0 Å². The largest absolute Gasteiger partial charge is 0.319 e. The number of rotatable bonds is 4. The van der Waals surface area contributed by atoms with Crippen LogP contribution in [0.2, 0.25) is 10.0 Å². The normalized spacial score (nSPS) is 10.7. The number of nitrogens with one attached hydrogen (secondary N) is 1. The van der Waals surface area contributed by atoms with Gasteiger partial charge in [0.25, 0.3) is 5.91 Å². The first kappa shape index (κ1) is 19.6. The molecule has 1 N–H and O–H groups in total. The monoisotopic (exact) mass is 486 g/mol. The van der Waals surface area contributed by atoms with Crippen LogP contribution in [0.25, 0.3) is 17.1 Å². The van der Waals surface area contributed by atoms with E-state index in [-0.39, 0.29) is 5.82 Å². The average Bonchev–Trinajstić information content (AvgIpc) is 3.16. The lowest BCUT2D eigenvalue weighted by molar-refractivity contribution is 0.101. The SMILES string of the molecule is O=C(Nc1ccc(Br)cc1)c1nc(-c2cccc(Cl)c2)n(-c2ccc(Cl)cc2)n1. The summed E-state index contributed by atoms with van der Waals surface area (Å²) in [6.07, 6.45) is 0. The number of nitrogens with zero attached hydrogens (tertiary/aromatic N) is 3. The van der Waals surface area contributed by atoms with E-state index in [9.17, 15) is 4.79 Å². The third kappa shape index (κ3) is 4.50. The minimum atomic E-state index is -0.414. The van der Waals surface area contributed by atoms with Gasteiger partial charge in [0.1, 0.15) is 0 Å².